The molecule has 0 aliphatic carbocycles. The summed E-state index contributed by atoms with van der Waals surface area (Å²) in [6.45, 7) is 4.16. The third-order valence-electron chi connectivity index (χ3n) is 2.41. The second-order valence-corrected chi connectivity index (χ2v) is 4.33. The van der Waals surface area contributed by atoms with Crippen LogP contribution >= 0.6 is 0 Å². The number of hydrogen-bond donors (Lipinski definition) is 2. The van der Waals surface area contributed by atoms with Gasteiger partial charge in [-0.15, -0.1) is 0 Å². The first-order chi connectivity index (χ1) is 8.87. The quantitative estimate of drug-likeness (QED) is 0.602. The van der Waals surface area contributed by atoms with Crippen molar-refractivity contribution in [1.82, 2.24) is 10.6 Å². The maximum absolute atomic E-state index is 11.9. The normalized spacial score (nSPS) is 13.3. The Kier molecular flexibility index (Phi) is 9.59. The number of unbranched alkanes of at least 4 members (excludes halogenated alkanes) is 1. The molecule has 0 aliphatic heterocycles. The molecule has 0 fully saturated rings. The number of nitrogens with one attached hydrogen (secondary N) is 2. The van der Waals surface area contributed by atoms with Crippen LogP contribution in [0.25, 0.3) is 0 Å². The van der Waals surface area contributed by atoms with Gasteiger partial charge in [-0.1, -0.05) is 13.3 Å². The highest BCUT2D eigenvalue weighted by Crippen LogP contribution is 2.12. The Morgan fingerprint density at radius 2 is 1.89 bits per heavy atom. The van der Waals surface area contributed by atoms with Crippen molar-refractivity contribution in [3.63, 3.8) is 0 Å². The summed E-state index contributed by atoms with van der Waals surface area (Å²) in [5, 5.41) is 4.68. The molecule has 0 spiro atoms. The Balaban J connectivity index is 3.52. The lowest BCUT2D eigenvalue weighted by Gasteiger charge is -2.15. The topological polar surface area (TPSA) is 50.4 Å². The maximum atomic E-state index is 11.9. The van der Waals surface area contributed by atoms with Gasteiger partial charge in [-0.2, -0.15) is 13.2 Å². The van der Waals surface area contributed by atoms with E-state index >= 15 is 0 Å². The summed E-state index contributed by atoms with van der Waals surface area (Å²) in [5.41, 5.74) is 0. The predicted octanol–water partition coefficient (Wildman–Crippen LogP) is 1.85. The fourth-order valence-electron chi connectivity index (χ4n) is 1.27. The van der Waals surface area contributed by atoms with E-state index in [-0.39, 0.29) is 0 Å². The van der Waals surface area contributed by atoms with E-state index < -0.39 is 24.7 Å². The zero-order valence-electron chi connectivity index (χ0n) is 11.5. The Labute approximate surface area is 112 Å². The van der Waals surface area contributed by atoms with Crippen molar-refractivity contribution in [3.05, 3.63) is 0 Å². The molecule has 114 valence electrons. The third kappa shape index (κ3) is 12.0. The zero-order chi connectivity index (χ0) is 14.7. The maximum Gasteiger partial charge on any atom is 0.405 e. The van der Waals surface area contributed by atoms with E-state index in [0.717, 1.165) is 25.9 Å². The number of amides is 1. The molecule has 2 N–H and O–H groups in total. The molecule has 0 saturated heterocycles. The molecule has 0 saturated carbocycles. The van der Waals surface area contributed by atoms with Gasteiger partial charge in [0.25, 0.3) is 0 Å². The lowest BCUT2D eigenvalue weighted by molar-refractivity contribution is -0.139. The third-order valence-corrected chi connectivity index (χ3v) is 2.41. The van der Waals surface area contributed by atoms with Gasteiger partial charge in [-0.25, -0.2) is 0 Å². The monoisotopic (exact) mass is 284 g/mol. The summed E-state index contributed by atoms with van der Waals surface area (Å²) in [4.78, 5) is 11.3. The lowest BCUT2D eigenvalue weighted by Crippen LogP contribution is -2.45. The molecule has 0 heterocycles. The van der Waals surface area contributed by atoms with E-state index in [2.05, 4.69) is 12.2 Å². The number of halogens is 3. The molecule has 0 aromatic heterocycles. The second kappa shape index (κ2) is 10.0. The van der Waals surface area contributed by atoms with Gasteiger partial charge in [0.15, 0.2) is 0 Å². The predicted molar refractivity (Wildman–Crippen MR) is 66.9 cm³/mol. The van der Waals surface area contributed by atoms with Gasteiger partial charge in [0.2, 0.25) is 5.91 Å². The van der Waals surface area contributed by atoms with Crippen LogP contribution in [0, 0.1) is 0 Å². The molecule has 0 aliphatic rings. The van der Waals surface area contributed by atoms with Crippen molar-refractivity contribution in [3.8, 4) is 0 Å². The molecule has 0 radical (unpaired) electrons. The van der Waals surface area contributed by atoms with Crippen molar-refractivity contribution in [1.29, 1.82) is 0 Å². The summed E-state index contributed by atoms with van der Waals surface area (Å²) in [5.74, 6) is -0.649. The van der Waals surface area contributed by atoms with Crippen LogP contribution in [0.1, 0.15) is 33.1 Å². The molecule has 1 atom stereocenters. The molecule has 19 heavy (non-hydrogen) atoms. The van der Waals surface area contributed by atoms with Crippen molar-refractivity contribution in [2.75, 3.05) is 26.3 Å². The van der Waals surface area contributed by atoms with E-state index in [1.54, 1.807) is 0 Å². The number of alkyl halides is 3. The molecule has 0 rings (SSSR count). The summed E-state index contributed by atoms with van der Waals surface area (Å²) in [7, 11) is 0. The Morgan fingerprint density at radius 3 is 2.47 bits per heavy atom. The molecule has 0 aromatic rings. The lowest BCUT2D eigenvalue weighted by atomic mass is 10.3. The summed E-state index contributed by atoms with van der Waals surface area (Å²) < 4.78 is 41.0. The van der Waals surface area contributed by atoms with Crippen LogP contribution < -0.4 is 10.6 Å². The number of rotatable bonds is 10. The van der Waals surface area contributed by atoms with Crippen LogP contribution in [0.2, 0.25) is 0 Å². The molecule has 0 bridgehead atoms. The van der Waals surface area contributed by atoms with Gasteiger partial charge in [-0.3, -0.25) is 4.79 Å². The Morgan fingerprint density at radius 1 is 1.26 bits per heavy atom. The fourth-order valence-corrected chi connectivity index (χ4v) is 1.27. The standard InChI is InChI=1S/C12H23F3N2O2/c1-3-4-7-19-8-5-6-16-10(2)11(18)17-9-12(13,14)15/h10,16H,3-9H2,1-2H3,(H,17,18). The van der Waals surface area contributed by atoms with Gasteiger partial charge in [0.1, 0.15) is 6.54 Å². The minimum atomic E-state index is -4.37. The highest BCUT2D eigenvalue weighted by atomic mass is 19.4. The van der Waals surface area contributed by atoms with Gasteiger partial charge < -0.3 is 15.4 Å². The zero-order valence-corrected chi connectivity index (χ0v) is 11.5. The minimum absolute atomic E-state index is 0.534. The van der Waals surface area contributed by atoms with Gasteiger partial charge >= 0.3 is 6.18 Å². The van der Waals surface area contributed by atoms with Crippen LogP contribution in [-0.2, 0) is 9.53 Å². The first-order valence-electron chi connectivity index (χ1n) is 6.52. The van der Waals surface area contributed by atoms with Crippen molar-refractivity contribution in [2.45, 2.75) is 45.3 Å². The van der Waals surface area contributed by atoms with Crippen molar-refractivity contribution >= 4 is 5.91 Å². The van der Waals surface area contributed by atoms with Gasteiger partial charge in [0, 0.05) is 13.2 Å². The number of carbonyl (C=O) groups excluding carboxylic acids is 1. The SMILES string of the molecule is CCCCOCCCNC(C)C(=O)NCC(F)(F)F. The van der Waals surface area contributed by atoms with Crippen molar-refractivity contribution in [2.24, 2.45) is 0 Å². The van der Waals surface area contributed by atoms with E-state index in [9.17, 15) is 18.0 Å². The molecule has 4 nitrogen and oxygen atoms in total. The van der Waals surface area contributed by atoms with Crippen LogP contribution in [-0.4, -0.2) is 44.4 Å². The first kappa shape index (κ1) is 18.2. The van der Waals surface area contributed by atoms with Gasteiger partial charge in [0.05, 0.1) is 6.04 Å². The van der Waals surface area contributed by atoms with Crippen LogP contribution in [0.15, 0.2) is 0 Å². The average molecular weight is 284 g/mol. The van der Waals surface area contributed by atoms with Gasteiger partial charge in [-0.05, 0) is 26.3 Å². The minimum Gasteiger partial charge on any atom is -0.381 e. The number of hydrogen-bond acceptors (Lipinski definition) is 3. The highest BCUT2D eigenvalue weighted by Gasteiger charge is 2.28. The molecular weight excluding hydrogens is 261 g/mol. The molecule has 0 aromatic carbocycles. The average Bonchev–Trinajstić information content (AvgIpc) is 2.33. The summed E-state index contributed by atoms with van der Waals surface area (Å²) in [6, 6.07) is -0.641. The van der Waals surface area contributed by atoms with Crippen LogP contribution in [0.4, 0.5) is 13.2 Å². The van der Waals surface area contributed by atoms with Crippen LogP contribution in [0.5, 0.6) is 0 Å². The highest BCUT2D eigenvalue weighted by molar-refractivity contribution is 5.81. The van der Waals surface area contributed by atoms with E-state index in [4.69, 9.17) is 4.74 Å². The van der Waals surface area contributed by atoms with Crippen molar-refractivity contribution < 1.29 is 22.7 Å². The van der Waals surface area contributed by atoms with E-state index in [0.29, 0.717) is 13.2 Å². The summed E-state index contributed by atoms with van der Waals surface area (Å²) >= 11 is 0. The smallest absolute Gasteiger partial charge is 0.381 e. The molecule has 1 unspecified atom stereocenters. The molecule has 1 amide bonds. The first-order valence-corrected chi connectivity index (χ1v) is 6.52. The molecular formula is C12H23F3N2O2. The van der Waals surface area contributed by atoms with Crippen LogP contribution in [0.3, 0.4) is 0 Å². The Hall–Kier alpha value is -0.820. The summed E-state index contributed by atoms with van der Waals surface area (Å²) in [6.07, 6.45) is -1.55. The number of ether oxygens (including phenoxy) is 1. The largest absolute Gasteiger partial charge is 0.405 e. The van der Waals surface area contributed by atoms with E-state index in [1.165, 1.54) is 6.92 Å². The second-order valence-electron chi connectivity index (χ2n) is 4.33. The number of carbonyl (C=O) groups is 1. The fraction of sp³-hybridized carbons (Fsp3) is 0.917. The van der Waals surface area contributed by atoms with E-state index in [1.807, 2.05) is 5.32 Å². The Bertz CT molecular complexity index is 248. The molecule has 7 heteroatoms.